The first kappa shape index (κ1) is 24.5. The van der Waals surface area contributed by atoms with Crippen molar-refractivity contribution < 1.29 is 8.42 Å². The molecule has 4 aromatic heterocycles. The maximum atomic E-state index is 13.3. The van der Waals surface area contributed by atoms with Crippen molar-refractivity contribution in [3.05, 3.63) is 133 Å². The van der Waals surface area contributed by atoms with E-state index >= 15 is 0 Å². The summed E-state index contributed by atoms with van der Waals surface area (Å²) >= 11 is 0. The summed E-state index contributed by atoms with van der Waals surface area (Å²) in [5, 5.41) is 3.31. The minimum Gasteiger partial charge on any atom is -0.308 e. The van der Waals surface area contributed by atoms with Crippen LogP contribution in [0, 0.1) is 6.92 Å². The molecule has 0 bridgehead atoms. The molecule has 0 saturated carbocycles. The highest BCUT2D eigenvalue weighted by Gasteiger charge is 2.23. The zero-order chi connectivity index (χ0) is 28.4. The molecule has 0 aliphatic carbocycles. The molecule has 4 aromatic carbocycles. The van der Waals surface area contributed by atoms with E-state index in [9.17, 15) is 8.42 Å². The summed E-state index contributed by atoms with van der Waals surface area (Å²) in [5.41, 5.74) is 7.56. The van der Waals surface area contributed by atoms with Gasteiger partial charge in [-0.1, -0.05) is 54.6 Å². The highest BCUT2D eigenvalue weighted by molar-refractivity contribution is 7.91. The first-order valence-corrected chi connectivity index (χ1v) is 15.2. The van der Waals surface area contributed by atoms with Crippen LogP contribution in [0.4, 0.5) is 0 Å². The smallest absolute Gasteiger partial charge is 0.223 e. The fraction of sp³-hybridized carbons (Fsp3) is 0.0286. The Bertz CT molecular complexity index is 2430. The molecule has 6 nitrogen and oxygen atoms in total. The van der Waals surface area contributed by atoms with Gasteiger partial charge in [-0.2, -0.15) is 0 Å². The fourth-order valence-corrected chi connectivity index (χ4v) is 7.31. The van der Waals surface area contributed by atoms with Crippen LogP contribution in [0.3, 0.4) is 0 Å². The van der Waals surface area contributed by atoms with E-state index in [1.54, 1.807) is 36.4 Å². The van der Waals surface area contributed by atoms with Crippen LogP contribution < -0.4 is 0 Å². The van der Waals surface area contributed by atoms with E-state index in [0.717, 1.165) is 55.1 Å². The lowest BCUT2D eigenvalue weighted by molar-refractivity contribution is 0.592. The summed E-state index contributed by atoms with van der Waals surface area (Å²) in [4.78, 5) is 9.64. The molecule has 202 valence electrons. The number of benzene rings is 4. The minimum absolute atomic E-state index is 0.0355. The van der Waals surface area contributed by atoms with Crippen LogP contribution in [0.25, 0.3) is 55.1 Å². The molecule has 0 amide bonds. The molecule has 42 heavy (non-hydrogen) atoms. The predicted octanol–water partition coefficient (Wildman–Crippen LogP) is 7.81. The van der Waals surface area contributed by atoms with E-state index in [1.165, 1.54) is 0 Å². The topological polar surface area (TPSA) is 69.8 Å². The number of rotatable bonds is 4. The maximum absolute atomic E-state index is 13.3. The molecule has 0 atom stereocenters. The molecular weight excluding hydrogens is 540 g/mol. The molecule has 0 saturated heterocycles. The lowest BCUT2D eigenvalue weighted by Crippen LogP contribution is -2.07. The number of aryl methyl sites for hydroxylation is 1. The minimum atomic E-state index is -3.74. The Morgan fingerprint density at radius 3 is 2.07 bits per heavy atom. The first-order valence-electron chi connectivity index (χ1n) is 13.7. The molecule has 0 fully saturated rings. The van der Waals surface area contributed by atoms with E-state index in [0.29, 0.717) is 5.69 Å². The zero-order valence-corrected chi connectivity index (χ0v) is 23.5. The van der Waals surface area contributed by atoms with Gasteiger partial charge in [0.2, 0.25) is 9.84 Å². The molecule has 0 unspecified atom stereocenters. The predicted molar refractivity (Wildman–Crippen MR) is 167 cm³/mol. The Balaban J connectivity index is 1.43. The van der Waals surface area contributed by atoms with Gasteiger partial charge in [0, 0.05) is 28.0 Å². The molecule has 0 radical (unpaired) electrons. The molecule has 0 aliphatic rings. The Morgan fingerprint density at radius 2 is 1.29 bits per heavy atom. The van der Waals surface area contributed by atoms with Gasteiger partial charge in [-0.25, -0.2) is 13.4 Å². The summed E-state index contributed by atoms with van der Waals surface area (Å²) in [7, 11) is -3.74. The van der Waals surface area contributed by atoms with Crippen LogP contribution in [-0.4, -0.2) is 27.5 Å². The summed E-state index contributed by atoms with van der Waals surface area (Å²) in [6.45, 7) is 1.86. The van der Waals surface area contributed by atoms with Crippen LogP contribution in [0.15, 0.2) is 137 Å². The fourth-order valence-electron chi connectivity index (χ4n) is 6.05. The van der Waals surface area contributed by atoms with Gasteiger partial charge in [0.25, 0.3) is 0 Å². The SMILES string of the molecule is Cc1nc(S(=O)(=O)c2ccccc2)ccc1-n1c2ccccc2c2cc3c4ncccc4n(-c4ccccc4)c3cc21. The highest BCUT2D eigenvalue weighted by Crippen LogP contribution is 2.39. The van der Waals surface area contributed by atoms with Crippen molar-refractivity contribution >= 4 is 53.6 Å². The second-order valence-corrected chi connectivity index (χ2v) is 12.2. The van der Waals surface area contributed by atoms with Gasteiger partial charge in [0.15, 0.2) is 5.03 Å². The Hall–Kier alpha value is -5.27. The molecular formula is C35H24N4O2S. The van der Waals surface area contributed by atoms with Crippen molar-refractivity contribution in [3.63, 3.8) is 0 Å². The number of para-hydroxylation sites is 2. The van der Waals surface area contributed by atoms with Gasteiger partial charge < -0.3 is 9.13 Å². The molecule has 0 spiro atoms. The zero-order valence-electron chi connectivity index (χ0n) is 22.6. The van der Waals surface area contributed by atoms with Gasteiger partial charge in [0.1, 0.15) is 0 Å². The lowest BCUT2D eigenvalue weighted by Gasteiger charge is -2.13. The van der Waals surface area contributed by atoms with Crippen molar-refractivity contribution in [2.24, 2.45) is 0 Å². The van der Waals surface area contributed by atoms with Crippen molar-refractivity contribution in [2.45, 2.75) is 16.8 Å². The summed E-state index contributed by atoms with van der Waals surface area (Å²) in [6, 6.07) is 39.0. The lowest BCUT2D eigenvalue weighted by atomic mass is 10.1. The summed E-state index contributed by atoms with van der Waals surface area (Å²) in [6.07, 6.45) is 1.84. The van der Waals surface area contributed by atoms with Crippen molar-refractivity contribution in [1.82, 2.24) is 19.1 Å². The van der Waals surface area contributed by atoms with Crippen LogP contribution in [0.5, 0.6) is 0 Å². The largest absolute Gasteiger partial charge is 0.308 e. The van der Waals surface area contributed by atoms with Gasteiger partial charge in [-0.3, -0.25) is 4.98 Å². The quantitative estimate of drug-likeness (QED) is 0.219. The summed E-state index contributed by atoms with van der Waals surface area (Å²) in [5.74, 6) is 0. The van der Waals surface area contributed by atoms with E-state index in [1.807, 2.05) is 55.6 Å². The second kappa shape index (κ2) is 9.12. The standard InChI is InChI=1S/C35H24N4O2S/c1-23-29(18-19-34(37-23)42(40,41)25-13-6-3-7-14-25)39-30-16-9-8-15-26(30)27-21-28-33(22-32(27)39)38(24-11-4-2-5-12-24)31-17-10-20-36-35(28)31/h2-22H,1H3. The third-order valence-electron chi connectivity index (χ3n) is 7.93. The molecule has 7 heteroatoms. The molecule has 4 heterocycles. The number of nitrogens with zero attached hydrogens (tertiary/aromatic N) is 4. The molecule has 0 N–H and O–H groups in total. The highest BCUT2D eigenvalue weighted by atomic mass is 32.2. The van der Waals surface area contributed by atoms with Crippen LogP contribution >= 0.6 is 0 Å². The van der Waals surface area contributed by atoms with E-state index < -0.39 is 9.84 Å². The Labute approximate surface area is 242 Å². The van der Waals surface area contributed by atoms with Gasteiger partial charge in [0.05, 0.1) is 43.9 Å². The Morgan fingerprint density at radius 1 is 0.595 bits per heavy atom. The second-order valence-electron chi connectivity index (χ2n) is 10.4. The van der Waals surface area contributed by atoms with Crippen molar-refractivity contribution in [1.29, 1.82) is 0 Å². The Kier molecular flexibility index (Phi) is 5.33. The summed E-state index contributed by atoms with van der Waals surface area (Å²) < 4.78 is 31.1. The molecule has 8 aromatic rings. The maximum Gasteiger partial charge on any atom is 0.223 e. The van der Waals surface area contributed by atoms with Gasteiger partial charge in [-0.05, 0) is 73.7 Å². The van der Waals surface area contributed by atoms with Crippen molar-refractivity contribution in [3.8, 4) is 11.4 Å². The van der Waals surface area contributed by atoms with Gasteiger partial charge in [-0.15, -0.1) is 0 Å². The van der Waals surface area contributed by atoms with Crippen LogP contribution in [-0.2, 0) is 9.84 Å². The van der Waals surface area contributed by atoms with E-state index in [2.05, 4.69) is 56.6 Å². The van der Waals surface area contributed by atoms with E-state index in [-0.39, 0.29) is 9.92 Å². The van der Waals surface area contributed by atoms with Crippen molar-refractivity contribution in [2.75, 3.05) is 0 Å². The van der Waals surface area contributed by atoms with E-state index in [4.69, 9.17) is 4.98 Å². The number of fused-ring (bicyclic) bond motifs is 6. The number of aromatic nitrogens is 4. The number of sulfone groups is 1. The number of hydrogen-bond acceptors (Lipinski definition) is 4. The average Bonchev–Trinajstić information content (AvgIpc) is 3.53. The first-order chi connectivity index (χ1) is 20.5. The van der Waals surface area contributed by atoms with Gasteiger partial charge >= 0.3 is 0 Å². The number of pyridine rings is 2. The van der Waals surface area contributed by atoms with Crippen LogP contribution in [0.1, 0.15) is 5.69 Å². The third kappa shape index (κ3) is 3.53. The molecule has 8 rings (SSSR count). The molecule has 0 aliphatic heterocycles. The third-order valence-corrected chi connectivity index (χ3v) is 9.60. The normalized spacial score (nSPS) is 12.1. The van der Waals surface area contributed by atoms with Crippen LogP contribution in [0.2, 0.25) is 0 Å². The monoisotopic (exact) mass is 564 g/mol. The number of hydrogen-bond donors (Lipinski definition) is 0. The average molecular weight is 565 g/mol.